The summed E-state index contributed by atoms with van der Waals surface area (Å²) < 4.78 is 0. The molecular formula is C15H23N3. The monoisotopic (exact) mass is 245 g/mol. The zero-order valence-electron chi connectivity index (χ0n) is 11.2. The van der Waals surface area contributed by atoms with Gasteiger partial charge in [0.05, 0.1) is 0 Å². The minimum Gasteiger partial charge on any atom is -0.352 e. The second kappa shape index (κ2) is 5.27. The highest BCUT2D eigenvalue weighted by Gasteiger charge is 2.27. The van der Waals surface area contributed by atoms with Gasteiger partial charge in [0.15, 0.2) is 0 Å². The maximum atomic E-state index is 4.69. The Labute approximate surface area is 110 Å². The van der Waals surface area contributed by atoms with E-state index in [4.69, 9.17) is 0 Å². The number of anilines is 1. The maximum absolute atomic E-state index is 4.69. The zero-order valence-corrected chi connectivity index (χ0v) is 11.2. The van der Waals surface area contributed by atoms with Gasteiger partial charge < -0.3 is 10.2 Å². The molecule has 3 nitrogen and oxygen atoms in total. The lowest BCUT2D eigenvalue weighted by atomic mass is 10.0. The van der Waals surface area contributed by atoms with Crippen LogP contribution in [0.2, 0.25) is 0 Å². The first-order valence-electron chi connectivity index (χ1n) is 7.26. The average Bonchev–Trinajstić information content (AvgIpc) is 3.21. The van der Waals surface area contributed by atoms with Crippen molar-refractivity contribution in [3.05, 3.63) is 23.9 Å². The largest absolute Gasteiger partial charge is 0.352 e. The van der Waals surface area contributed by atoms with Gasteiger partial charge in [-0.05, 0) is 51.2 Å². The van der Waals surface area contributed by atoms with Crippen LogP contribution < -0.4 is 10.2 Å². The topological polar surface area (TPSA) is 28.2 Å². The molecule has 1 saturated heterocycles. The quantitative estimate of drug-likeness (QED) is 0.883. The van der Waals surface area contributed by atoms with Crippen LogP contribution in [0.5, 0.6) is 0 Å². The van der Waals surface area contributed by atoms with Crippen molar-refractivity contribution in [3.63, 3.8) is 0 Å². The molecule has 1 aliphatic heterocycles. The fourth-order valence-electron chi connectivity index (χ4n) is 2.79. The SMILES string of the molecule is Cc1cccc(N2CCCCC2CNC2CC2)n1. The number of piperidine rings is 1. The number of hydrogen-bond donors (Lipinski definition) is 1. The number of aromatic nitrogens is 1. The molecule has 1 aromatic rings. The lowest BCUT2D eigenvalue weighted by Crippen LogP contribution is -2.46. The van der Waals surface area contributed by atoms with Gasteiger partial charge in [-0.1, -0.05) is 6.07 Å². The minimum absolute atomic E-state index is 0.633. The van der Waals surface area contributed by atoms with Crippen LogP contribution in [0.3, 0.4) is 0 Å². The van der Waals surface area contributed by atoms with E-state index < -0.39 is 0 Å². The maximum Gasteiger partial charge on any atom is 0.129 e. The van der Waals surface area contributed by atoms with Gasteiger partial charge in [-0.25, -0.2) is 4.98 Å². The van der Waals surface area contributed by atoms with Crippen molar-refractivity contribution in [2.45, 2.75) is 51.1 Å². The van der Waals surface area contributed by atoms with Gasteiger partial charge in [-0.3, -0.25) is 0 Å². The number of pyridine rings is 1. The summed E-state index contributed by atoms with van der Waals surface area (Å²) in [5.74, 6) is 1.16. The first-order valence-corrected chi connectivity index (χ1v) is 7.26. The summed E-state index contributed by atoms with van der Waals surface area (Å²) in [5.41, 5.74) is 1.12. The Morgan fingerprint density at radius 3 is 2.94 bits per heavy atom. The summed E-state index contributed by atoms with van der Waals surface area (Å²) in [7, 11) is 0. The Balaban J connectivity index is 1.69. The number of rotatable bonds is 4. The predicted octanol–water partition coefficient (Wildman–Crippen LogP) is 2.50. The average molecular weight is 245 g/mol. The van der Waals surface area contributed by atoms with Crippen LogP contribution in [0.4, 0.5) is 5.82 Å². The van der Waals surface area contributed by atoms with Crippen molar-refractivity contribution < 1.29 is 0 Å². The van der Waals surface area contributed by atoms with E-state index in [9.17, 15) is 0 Å². The third-order valence-electron chi connectivity index (χ3n) is 4.01. The first-order chi connectivity index (χ1) is 8.83. The van der Waals surface area contributed by atoms with Crippen molar-refractivity contribution in [2.24, 2.45) is 0 Å². The van der Waals surface area contributed by atoms with E-state index in [-0.39, 0.29) is 0 Å². The van der Waals surface area contributed by atoms with E-state index in [1.54, 1.807) is 0 Å². The van der Waals surface area contributed by atoms with Crippen molar-refractivity contribution in [1.29, 1.82) is 0 Å². The Kier molecular flexibility index (Phi) is 3.50. The molecule has 2 heterocycles. The van der Waals surface area contributed by atoms with Gasteiger partial charge >= 0.3 is 0 Å². The van der Waals surface area contributed by atoms with Crippen LogP contribution in [0.25, 0.3) is 0 Å². The fraction of sp³-hybridized carbons (Fsp3) is 0.667. The Hall–Kier alpha value is -1.09. The van der Waals surface area contributed by atoms with Crippen LogP contribution in [0, 0.1) is 6.92 Å². The predicted molar refractivity (Wildman–Crippen MR) is 75.0 cm³/mol. The minimum atomic E-state index is 0.633. The molecule has 1 aromatic heterocycles. The normalized spacial score (nSPS) is 24.3. The molecule has 0 bridgehead atoms. The molecule has 1 unspecified atom stereocenters. The number of aryl methyl sites for hydroxylation is 1. The molecule has 1 aliphatic carbocycles. The van der Waals surface area contributed by atoms with Gasteiger partial charge in [0.2, 0.25) is 0 Å². The Morgan fingerprint density at radius 1 is 1.28 bits per heavy atom. The van der Waals surface area contributed by atoms with E-state index in [1.165, 1.54) is 32.1 Å². The number of nitrogens with one attached hydrogen (secondary N) is 1. The fourth-order valence-corrected chi connectivity index (χ4v) is 2.79. The van der Waals surface area contributed by atoms with Crippen LogP contribution in [0.15, 0.2) is 18.2 Å². The molecule has 98 valence electrons. The molecule has 18 heavy (non-hydrogen) atoms. The molecule has 2 fully saturated rings. The van der Waals surface area contributed by atoms with Crippen molar-refractivity contribution in [1.82, 2.24) is 10.3 Å². The smallest absolute Gasteiger partial charge is 0.129 e. The van der Waals surface area contributed by atoms with E-state index in [0.29, 0.717) is 6.04 Å². The first kappa shape index (κ1) is 12.0. The summed E-state index contributed by atoms with van der Waals surface area (Å²) in [5, 5.41) is 3.67. The highest BCUT2D eigenvalue weighted by molar-refractivity contribution is 5.41. The van der Waals surface area contributed by atoms with Crippen LogP contribution in [0.1, 0.15) is 37.8 Å². The molecule has 0 amide bonds. The van der Waals surface area contributed by atoms with Crippen molar-refractivity contribution in [2.75, 3.05) is 18.0 Å². The van der Waals surface area contributed by atoms with Gasteiger partial charge in [0, 0.05) is 30.9 Å². The summed E-state index contributed by atoms with van der Waals surface area (Å²) in [6.45, 7) is 4.36. The Morgan fingerprint density at radius 2 is 2.17 bits per heavy atom. The molecule has 1 saturated carbocycles. The highest BCUT2D eigenvalue weighted by Crippen LogP contribution is 2.24. The molecule has 0 aromatic carbocycles. The molecule has 2 aliphatic rings. The number of nitrogens with zero attached hydrogens (tertiary/aromatic N) is 2. The summed E-state index contributed by atoms with van der Waals surface area (Å²) >= 11 is 0. The lowest BCUT2D eigenvalue weighted by Gasteiger charge is -2.37. The van der Waals surface area contributed by atoms with Gasteiger partial charge in [-0.2, -0.15) is 0 Å². The van der Waals surface area contributed by atoms with Crippen LogP contribution in [-0.4, -0.2) is 30.2 Å². The highest BCUT2D eigenvalue weighted by atomic mass is 15.2. The molecule has 1 N–H and O–H groups in total. The van der Waals surface area contributed by atoms with E-state index >= 15 is 0 Å². The second-order valence-electron chi connectivity index (χ2n) is 5.66. The van der Waals surface area contributed by atoms with E-state index in [2.05, 4.69) is 40.3 Å². The lowest BCUT2D eigenvalue weighted by molar-refractivity contribution is 0.431. The third-order valence-corrected chi connectivity index (χ3v) is 4.01. The van der Waals surface area contributed by atoms with Gasteiger partial charge in [-0.15, -0.1) is 0 Å². The van der Waals surface area contributed by atoms with E-state index in [1.807, 2.05) is 0 Å². The number of hydrogen-bond acceptors (Lipinski definition) is 3. The van der Waals surface area contributed by atoms with Gasteiger partial charge in [0.25, 0.3) is 0 Å². The molecule has 0 radical (unpaired) electrons. The Bertz CT molecular complexity index is 400. The standard InChI is InChI=1S/C15H23N3/c1-12-5-4-7-15(17-12)18-10-3-2-6-14(18)11-16-13-8-9-13/h4-5,7,13-14,16H,2-3,6,8-11H2,1H3. The summed E-state index contributed by atoms with van der Waals surface area (Å²) in [6, 6.07) is 7.79. The van der Waals surface area contributed by atoms with E-state index in [0.717, 1.165) is 30.6 Å². The zero-order chi connectivity index (χ0) is 12.4. The van der Waals surface area contributed by atoms with Crippen molar-refractivity contribution in [3.8, 4) is 0 Å². The molecule has 3 rings (SSSR count). The molecule has 1 atom stereocenters. The molecule has 3 heteroatoms. The molecular weight excluding hydrogens is 222 g/mol. The molecule has 0 spiro atoms. The van der Waals surface area contributed by atoms with Crippen molar-refractivity contribution >= 4 is 5.82 Å². The van der Waals surface area contributed by atoms with Crippen LogP contribution in [-0.2, 0) is 0 Å². The third kappa shape index (κ3) is 2.83. The summed E-state index contributed by atoms with van der Waals surface area (Å²) in [4.78, 5) is 7.19. The summed E-state index contributed by atoms with van der Waals surface area (Å²) in [6.07, 6.45) is 6.70. The van der Waals surface area contributed by atoms with Crippen LogP contribution >= 0.6 is 0 Å². The second-order valence-corrected chi connectivity index (χ2v) is 5.66. The van der Waals surface area contributed by atoms with Gasteiger partial charge in [0.1, 0.15) is 5.82 Å².